The number of hydrogen-bond acceptors (Lipinski definition) is 3. The number of nitrogens with one attached hydrogen (secondary N) is 2. The number of carbonyl (C=O) groups is 2. The minimum Gasteiger partial charge on any atom is -0.344 e. The molecule has 20 heavy (non-hydrogen) atoms. The van der Waals surface area contributed by atoms with Gasteiger partial charge in [0.25, 0.3) is 0 Å². The maximum absolute atomic E-state index is 12.4. The van der Waals surface area contributed by atoms with Gasteiger partial charge in [-0.1, -0.05) is 20.8 Å². The highest BCUT2D eigenvalue weighted by Gasteiger charge is 2.32. The smallest absolute Gasteiger partial charge is 0.245 e. The van der Waals surface area contributed by atoms with Crippen molar-refractivity contribution >= 4 is 24.2 Å². The van der Waals surface area contributed by atoms with Crippen molar-refractivity contribution in [1.29, 1.82) is 0 Å². The zero-order valence-corrected chi connectivity index (χ0v) is 14.1. The van der Waals surface area contributed by atoms with Crippen LogP contribution in [0.25, 0.3) is 0 Å². The molecule has 1 aliphatic heterocycles. The molecule has 0 bridgehead atoms. The molecule has 1 aliphatic rings. The minimum atomic E-state index is -0.475. The van der Waals surface area contributed by atoms with Crippen LogP contribution in [-0.2, 0) is 9.59 Å². The minimum absolute atomic E-state index is 0. The summed E-state index contributed by atoms with van der Waals surface area (Å²) in [6, 6.07) is -0.0436. The Bertz CT molecular complexity index is 355. The molecule has 0 aromatic rings. The number of nitrogens with zero attached hydrogens (tertiary/aromatic N) is 1. The highest BCUT2D eigenvalue weighted by Crippen LogP contribution is 2.14. The van der Waals surface area contributed by atoms with Crippen LogP contribution in [0.15, 0.2) is 0 Å². The lowest BCUT2D eigenvalue weighted by molar-refractivity contribution is -0.140. The summed E-state index contributed by atoms with van der Waals surface area (Å²) >= 11 is 0. The molecule has 1 rings (SSSR count). The summed E-state index contributed by atoms with van der Waals surface area (Å²) in [6.45, 7) is 12.9. The second kappa shape index (κ2) is 7.27. The van der Waals surface area contributed by atoms with E-state index in [1.807, 2.05) is 32.6 Å². The van der Waals surface area contributed by atoms with E-state index in [0.717, 1.165) is 6.54 Å². The lowest BCUT2D eigenvalue weighted by Gasteiger charge is -2.40. The second-order valence-electron chi connectivity index (χ2n) is 6.46. The lowest BCUT2D eigenvalue weighted by Crippen LogP contribution is -2.61. The molecule has 0 aromatic heterocycles. The van der Waals surface area contributed by atoms with E-state index < -0.39 is 11.5 Å². The summed E-state index contributed by atoms with van der Waals surface area (Å²) in [7, 11) is 0. The van der Waals surface area contributed by atoms with Crippen LogP contribution in [0.5, 0.6) is 0 Å². The normalized spacial score (nSPS) is 24.6. The molecule has 118 valence electrons. The molecule has 1 saturated heterocycles. The largest absolute Gasteiger partial charge is 0.344 e. The van der Waals surface area contributed by atoms with E-state index in [4.69, 9.17) is 0 Å². The van der Waals surface area contributed by atoms with Gasteiger partial charge in [0.1, 0.15) is 6.04 Å². The van der Waals surface area contributed by atoms with E-state index in [9.17, 15) is 9.59 Å². The predicted molar refractivity (Wildman–Crippen MR) is 82.9 cm³/mol. The molecule has 3 atom stereocenters. The molecule has 1 fully saturated rings. The Hall–Kier alpha value is -0.810. The summed E-state index contributed by atoms with van der Waals surface area (Å²) in [4.78, 5) is 26.2. The zero-order chi connectivity index (χ0) is 14.8. The van der Waals surface area contributed by atoms with Crippen molar-refractivity contribution in [3.05, 3.63) is 0 Å². The quantitative estimate of drug-likeness (QED) is 0.805. The van der Waals surface area contributed by atoms with E-state index in [2.05, 4.69) is 17.6 Å². The Morgan fingerprint density at radius 2 is 1.85 bits per heavy atom. The molecule has 2 N–H and O–H groups in total. The van der Waals surface area contributed by atoms with Crippen LogP contribution in [0.3, 0.4) is 0 Å². The van der Waals surface area contributed by atoms with Crippen LogP contribution >= 0.6 is 12.4 Å². The van der Waals surface area contributed by atoms with Crippen LogP contribution in [0.2, 0.25) is 0 Å². The standard InChI is InChI=1S/C14H27N3O2.ClH/c1-9-11(3)17(8-7-15-9)12(18)10(2)16-13(19)14(4,5)6;/h9-11,15H,7-8H2,1-6H3,(H,16,19);1H. The Labute approximate surface area is 128 Å². The maximum atomic E-state index is 12.4. The first kappa shape index (κ1) is 19.2. The summed E-state index contributed by atoms with van der Waals surface area (Å²) in [5.74, 6) is -0.0948. The molecule has 1 heterocycles. The molecule has 0 spiro atoms. The first-order valence-corrected chi connectivity index (χ1v) is 6.99. The first-order valence-electron chi connectivity index (χ1n) is 6.99. The number of amides is 2. The fraction of sp³-hybridized carbons (Fsp3) is 0.857. The van der Waals surface area contributed by atoms with E-state index in [1.54, 1.807) is 6.92 Å². The van der Waals surface area contributed by atoms with Crippen LogP contribution in [-0.4, -0.2) is 47.9 Å². The number of halogens is 1. The van der Waals surface area contributed by atoms with E-state index in [-0.39, 0.29) is 36.3 Å². The third-order valence-electron chi connectivity index (χ3n) is 3.72. The first-order chi connectivity index (χ1) is 8.64. The van der Waals surface area contributed by atoms with Gasteiger partial charge in [0.05, 0.1) is 0 Å². The van der Waals surface area contributed by atoms with E-state index in [1.165, 1.54) is 0 Å². The Morgan fingerprint density at radius 1 is 1.30 bits per heavy atom. The van der Waals surface area contributed by atoms with Gasteiger partial charge in [-0.05, 0) is 20.8 Å². The summed E-state index contributed by atoms with van der Waals surface area (Å²) < 4.78 is 0. The molecule has 0 saturated carbocycles. The predicted octanol–water partition coefficient (Wildman–Crippen LogP) is 1.17. The number of rotatable bonds is 2. The van der Waals surface area contributed by atoms with Gasteiger partial charge in [-0.25, -0.2) is 0 Å². The van der Waals surface area contributed by atoms with Gasteiger partial charge in [-0.2, -0.15) is 0 Å². The van der Waals surface area contributed by atoms with Crippen LogP contribution in [0.4, 0.5) is 0 Å². The van der Waals surface area contributed by atoms with Gasteiger partial charge in [0.15, 0.2) is 0 Å². The number of carbonyl (C=O) groups excluding carboxylic acids is 2. The van der Waals surface area contributed by atoms with Crippen LogP contribution < -0.4 is 10.6 Å². The highest BCUT2D eigenvalue weighted by molar-refractivity contribution is 5.89. The number of hydrogen-bond donors (Lipinski definition) is 2. The van der Waals surface area contributed by atoms with E-state index >= 15 is 0 Å². The van der Waals surface area contributed by atoms with Crippen molar-refractivity contribution in [2.24, 2.45) is 5.41 Å². The van der Waals surface area contributed by atoms with Crippen molar-refractivity contribution < 1.29 is 9.59 Å². The Morgan fingerprint density at radius 3 is 2.35 bits per heavy atom. The average molecular weight is 306 g/mol. The topological polar surface area (TPSA) is 61.4 Å². The summed E-state index contributed by atoms with van der Waals surface area (Å²) in [6.07, 6.45) is 0. The monoisotopic (exact) mass is 305 g/mol. The van der Waals surface area contributed by atoms with E-state index in [0.29, 0.717) is 6.54 Å². The molecule has 6 heteroatoms. The highest BCUT2D eigenvalue weighted by atomic mass is 35.5. The molecular weight excluding hydrogens is 278 g/mol. The van der Waals surface area contributed by atoms with Crippen LogP contribution in [0.1, 0.15) is 41.5 Å². The Balaban J connectivity index is 0.00000361. The molecule has 0 aromatic carbocycles. The molecule has 5 nitrogen and oxygen atoms in total. The molecule has 0 aliphatic carbocycles. The average Bonchev–Trinajstić information content (AvgIpc) is 2.30. The third-order valence-corrected chi connectivity index (χ3v) is 3.72. The maximum Gasteiger partial charge on any atom is 0.245 e. The van der Waals surface area contributed by atoms with Gasteiger partial charge in [-0.3, -0.25) is 9.59 Å². The summed E-state index contributed by atoms with van der Waals surface area (Å²) in [5.41, 5.74) is -0.475. The fourth-order valence-corrected chi connectivity index (χ4v) is 2.09. The van der Waals surface area contributed by atoms with Crippen molar-refractivity contribution in [1.82, 2.24) is 15.5 Å². The van der Waals surface area contributed by atoms with Crippen molar-refractivity contribution in [3.8, 4) is 0 Å². The third kappa shape index (κ3) is 4.63. The molecule has 3 unspecified atom stereocenters. The zero-order valence-electron chi connectivity index (χ0n) is 13.3. The van der Waals surface area contributed by atoms with Crippen molar-refractivity contribution in [2.45, 2.75) is 59.7 Å². The lowest BCUT2D eigenvalue weighted by atomic mass is 9.95. The Kier molecular flexibility index (Phi) is 6.98. The van der Waals surface area contributed by atoms with Gasteiger partial charge in [0, 0.05) is 30.6 Å². The van der Waals surface area contributed by atoms with Gasteiger partial charge < -0.3 is 15.5 Å². The van der Waals surface area contributed by atoms with Crippen molar-refractivity contribution in [2.75, 3.05) is 13.1 Å². The molecule has 2 amide bonds. The van der Waals surface area contributed by atoms with Gasteiger partial charge in [0.2, 0.25) is 11.8 Å². The second-order valence-corrected chi connectivity index (χ2v) is 6.46. The summed E-state index contributed by atoms with van der Waals surface area (Å²) in [5, 5.41) is 6.14. The molecular formula is C14H28ClN3O2. The van der Waals surface area contributed by atoms with Crippen LogP contribution in [0, 0.1) is 5.41 Å². The number of piperazine rings is 1. The van der Waals surface area contributed by atoms with Crippen molar-refractivity contribution in [3.63, 3.8) is 0 Å². The van der Waals surface area contributed by atoms with Gasteiger partial charge >= 0.3 is 0 Å². The molecule has 0 radical (unpaired) electrons. The fourth-order valence-electron chi connectivity index (χ4n) is 2.09. The SMILES string of the molecule is CC(NC(=O)C(C)(C)C)C(=O)N1CCNC(C)C1C.Cl. The van der Waals surface area contributed by atoms with Gasteiger partial charge in [-0.15, -0.1) is 12.4 Å².